The summed E-state index contributed by atoms with van der Waals surface area (Å²) in [5.41, 5.74) is 4.59. The van der Waals surface area contributed by atoms with Gasteiger partial charge in [-0.05, 0) is 62.0 Å². The minimum Gasteiger partial charge on any atom is -0.477 e. The fraction of sp³-hybridized carbons (Fsp3) is 0.296. The normalized spacial score (nSPS) is 18.7. The van der Waals surface area contributed by atoms with Crippen LogP contribution < -0.4 is 15.6 Å². The van der Waals surface area contributed by atoms with Gasteiger partial charge in [0.1, 0.15) is 11.0 Å². The summed E-state index contributed by atoms with van der Waals surface area (Å²) in [6.45, 7) is 0.639. The summed E-state index contributed by atoms with van der Waals surface area (Å²) in [4.78, 5) is 23.2. The van der Waals surface area contributed by atoms with Crippen LogP contribution in [0.2, 0.25) is 0 Å². The Bertz CT molecular complexity index is 1470. The van der Waals surface area contributed by atoms with Crippen LogP contribution in [0.4, 0.5) is 0 Å². The summed E-state index contributed by atoms with van der Waals surface area (Å²) < 4.78 is 7.28. The van der Waals surface area contributed by atoms with Gasteiger partial charge in [-0.2, -0.15) is 9.78 Å². The van der Waals surface area contributed by atoms with Gasteiger partial charge in [0, 0.05) is 48.3 Å². The Morgan fingerprint density at radius 3 is 2.74 bits per heavy atom. The highest BCUT2D eigenvalue weighted by Gasteiger charge is 2.26. The number of aromatic nitrogens is 4. The lowest BCUT2D eigenvalue weighted by atomic mass is 10.0. The first-order valence-electron chi connectivity index (χ1n) is 12.0. The Morgan fingerprint density at radius 1 is 1.17 bits per heavy atom. The van der Waals surface area contributed by atoms with Crippen LogP contribution in [0.25, 0.3) is 27.9 Å². The van der Waals surface area contributed by atoms with Crippen LogP contribution in [0, 0.1) is 11.3 Å². The van der Waals surface area contributed by atoms with E-state index in [1.54, 1.807) is 43.7 Å². The predicted octanol–water partition coefficient (Wildman–Crippen LogP) is 4.05. The fourth-order valence-electron chi connectivity index (χ4n) is 4.19. The van der Waals surface area contributed by atoms with Crippen molar-refractivity contribution in [1.82, 2.24) is 25.1 Å². The third-order valence-electron chi connectivity index (χ3n) is 6.51. The van der Waals surface area contributed by atoms with Gasteiger partial charge in [-0.1, -0.05) is 6.07 Å². The van der Waals surface area contributed by atoms with Gasteiger partial charge in [-0.25, -0.2) is 4.98 Å². The minimum absolute atomic E-state index is 0.293. The summed E-state index contributed by atoms with van der Waals surface area (Å²) in [7, 11) is 1.78. The van der Waals surface area contributed by atoms with E-state index in [0.29, 0.717) is 63.5 Å². The lowest BCUT2D eigenvalue weighted by molar-refractivity contribution is 0.289. The van der Waals surface area contributed by atoms with Crippen molar-refractivity contribution in [3.63, 3.8) is 0 Å². The largest absolute Gasteiger partial charge is 0.477 e. The maximum absolute atomic E-state index is 13.9. The maximum atomic E-state index is 13.9. The number of hydrogen-bond donors (Lipinski definition) is 2. The molecule has 2 saturated carbocycles. The second-order valence-electron chi connectivity index (χ2n) is 9.31. The number of nitrogens with zero attached hydrogens (tertiary/aromatic N) is 4. The molecule has 0 unspecified atom stereocenters. The molecule has 2 fully saturated rings. The first kappa shape index (κ1) is 21.5. The fourth-order valence-corrected chi connectivity index (χ4v) is 4.19. The molecule has 0 spiro atoms. The van der Waals surface area contributed by atoms with Crippen molar-refractivity contribution in [3.05, 3.63) is 76.5 Å². The van der Waals surface area contributed by atoms with Crippen LogP contribution in [-0.4, -0.2) is 39.1 Å². The van der Waals surface area contributed by atoms with Gasteiger partial charge in [-0.15, -0.1) is 0 Å². The molecule has 0 radical (unpaired) electrons. The number of pyridine rings is 2. The molecule has 176 valence electrons. The van der Waals surface area contributed by atoms with E-state index in [2.05, 4.69) is 15.4 Å². The van der Waals surface area contributed by atoms with Crippen molar-refractivity contribution in [1.29, 1.82) is 5.41 Å². The first-order chi connectivity index (χ1) is 17.1. The second kappa shape index (κ2) is 8.61. The topological polar surface area (TPSA) is 106 Å². The number of rotatable bonds is 7. The molecule has 0 bridgehead atoms. The highest BCUT2D eigenvalue weighted by molar-refractivity contribution is 6.12. The molecule has 0 amide bonds. The molecule has 8 heteroatoms. The number of fused-ring (bicyclic) bond motifs is 1. The van der Waals surface area contributed by atoms with Crippen LogP contribution in [0.3, 0.4) is 0 Å². The molecule has 3 aliphatic rings. The summed E-state index contributed by atoms with van der Waals surface area (Å²) in [6.07, 6.45) is 13.4. The van der Waals surface area contributed by atoms with Crippen LogP contribution in [-0.2, 0) is 0 Å². The lowest BCUT2D eigenvalue weighted by Crippen LogP contribution is -2.25. The van der Waals surface area contributed by atoms with Gasteiger partial charge in [0.05, 0.1) is 23.6 Å². The SMILES string of the molecule is CN/C=C1/C=C(n2nc3ccc(OCC4CC4)nc3c(-c3ccc(C4CC4)nc3)c2=O)C=CC1=N. The molecule has 8 nitrogen and oxygen atoms in total. The highest BCUT2D eigenvalue weighted by Crippen LogP contribution is 2.39. The van der Waals surface area contributed by atoms with Crippen molar-refractivity contribution in [3.8, 4) is 17.0 Å². The summed E-state index contributed by atoms with van der Waals surface area (Å²) >= 11 is 0. The van der Waals surface area contributed by atoms with Crippen molar-refractivity contribution in [2.24, 2.45) is 5.92 Å². The van der Waals surface area contributed by atoms with Crippen LogP contribution >= 0.6 is 0 Å². The standard InChI is InChI=1S/C27H26N6O2/c1-29-13-19-12-20(7-8-21(19)28)33-27(34)25(18-6-9-22(30-14-18)17-4-5-17)26-23(32-33)10-11-24(31-26)35-15-16-2-3-16/h6-14,16-17,28-29H,2-5,15H2,1H3/b19-13-,28-21?. The third-order valence-corrected chi connectivity index (χ3v) is 6.51. The Hall–Kier alpha value is -4.07. The zero-order valence-corrected chi connectivity index (χ0v) is 19.5. The molecule has 0 saturated heterocycles. The number of nitrogens with one attached hydrogen (secondary N) is 2. The van der Waals surface area contributed by atoms with Crippen molar-refractivity contribution in [2.45, 2.75) is 31.6 Å². The van der Waals surface area contributed by atoms with Crippen molar-refractivity contribution >= 4 is 22.4 Å². The van der Waals surface area contributed by atoms with Crippen LogP contribution in [0.15, 0.2) is 65.3 Å². The Kier molecular flexibility index (Phi) is 5.28. The quantitative estimate of drug-likeness (QED) is 0.544. The van der Waals surface area contributed by atoms with E-state index in [1.807, 2.05) is 18.2 Å². The smallest absolute Gasteiger partial charge is 0.281 e. The molecule has 6 rings (SSSR count). The van der Waals surface area contributed by atoms with E-state index >= 15 is 0 Å². The van der Waals surface area contributed by atoms with E-state index in [9.17, 15) is 4.79 Å². The van der Waals surface area contributed by atoms with Gasteiger partial charge < -0.3 is 15.5 Å². The zero-order chi connectivity index (χ0) is 23.9. The van der Waals surface area contributed by atoms with Gasteiger partial charge in [0.2, 0.25) is 5.88 Å². The molecule has 2 N–H and O–H groups in total. The molecular weight excluding hydrogens is 440 g/mol. The van der Waals surface area contributed by atoms with Gasteiger partial charge >= 0.3 is 0 Å². The van der Waals surface area contributed by atoms with Gasteiger partial charge in [-0.3, -0.25) is 9.78 Å². The molecule has 3 aliphatic carbocycles. The summed E-state index contributed by atoms with van der Waals surface area (Å²) in [6, 6.07) is 7.60. The van der Waals surface area contributed by atoms with E-state index in [4.69, 9.17) is 15.1 Å². The molecular formula is C27H26N6O2. The summed E-state index contributed by atoms with van der Waals surface area (Å²) in [5, 5.41) is 15.7. The van der Waals surface area contributed by atoms with E-state index < -0.39 is 0 Å². The predicted molar refractivity (Wildman–Crippen MR) is 136 cm³/mol. The Morgan fingerprint density at radius 2 is 2.03 bits per heavy atom. The lowest BCUT2D eigenvalue weighted by Gasteiger charge is -2.15. The molecule has 3 heterocycles. The monoisotopic (exact) mass is 466 g/mol. The van der Waals surface area contributed by atoms with E-state index in [-0.39, 0.29) is 5.56 Å². The van der Waals surface area contributed by atoms with Gasteiger partial charge in [0.25, 0.3) is 5.56 Å². The van der Waals surface area contributed by atoms with Crippen molar-refractivity contribution in [2.75, 3.05) is 13.7 Å². The number of hydrogen-bond acceptors (Lipinski definition) is 7. The molecule has 0 aromatic carbocycles. The van der Waals surface area contributed by atoms with E-state index in [1.165, 1.54) is 30.4 Å². The average Bonchev–Trinajstić information content (AvgIpc) is 3.79. The number of allylic oxidation sites excluding steroid dienone is 5. The molecule has 3 aromatic heterocycles. The molecule has 3 aromatic rings. The highest BCUT2D eigenvalue weighted by atomic mass is 16.5. The van der Waals surface area contributed by atoms with Crippen LogP contribution in [0.1, 0.15) is 37.3 Å². The Labute approximate surface area is 202 Å². The third kappa shape index (κ3) is 4.27. The average molecular weight is 467 g/mol. The van der Waals surface area contributed by atoms with Crippen LogP contribution in [0.5, 0.6) is 5.88 Å². The van der Waals surface area contributed by atoms with E-state index in [0.717, 1.165) is 5.69 Å². The maximum Gasteiger partial charge on any atom is 0.281 e. The molecule has 0 aliphatic heterocycles. The van der Waals surface area contributed by atoms with Crippen molar-refractivity contribution < 1.29 is 4.74 Å². The number of ether oxygens (including phenoxy) is 1. The second-order valence-corrected chi connectivity index (χ2v) is 9.31. The minimum atomic E-state index is -0.293. The Balaban J connectivity index is 1.51. The first-order valence-corrected chi connectivity index (χ1v) is 12.0. The molecule has 0 atom stereocenters. The summed E-state index contributed by atoms with van der Waals surface area (Å²) in [5.74, 6) is 1.62. The molecule has 35 heavy (non-hydrogen) atoms. The van der Waals surface area contributed by atoms with Gasteiger partial charge in [0.15, 0.2) is 0 Å². The zero-order valence-electron chi connectivity index (χ0n) is 19.5.